The summed E-state index contributed by atoms with van der Waals surface area (Å²) in [5.74, 6) is -0.220. The van der Waals surface area contributed by atoms with Crippen LogP contribution in [0, 0.1) is 0 Å². The fraction of sp³-hybridized carbons (Fsp3) is 0.222. The number of nitrogens with one attached hydrogen (secondary N) is 1. The van der Waals surface area contributed by atoms with Gasteiger partial charge in [-0.1, -0.05) is 45.0 Å². The molecule has 1 N–H and O–H groups in total. The molecule has 1 amide bonds. The maximum absolute atomic E-state index is 12.0. The van der Waals surface area contributed by atoms with E-state index in [-0.39, 0.29) is 11.3 Å². The molecule has 0 aliphatic carbocycles. The lowest BCUT2D eigenvalue weighted by molar-refractivity contribution is 0.102. The first kappa shape index (κ1) is 15.5. The third-order valence-electron chi connectivity index (χ3n) is 3.55. The van der Waals surface area contributed by atoms with Gasteiger partial charge in [-0.15, -0.1) is 11.3 Å². The van der Waals surface area contributed by atoms with Gasteiger partial charge in [-0.2, -0.15) is 0 Å². The van der Waals surface area contributed by atoms with Crippen LogP contribution >= 0.6 is 11.3 Å². The molecule has 1 aromatic carbocycles. The van der Waals surface area contributed by atoms with Crippen LogP contribution in [0.2, 0.25) is 0 Å². The number of carbonyl (C=O) groups is 1. The predicted molar refractivity (Wildman–Crippen MR) is 92.9 cm³/mol. The fourth-order valence-corrected chi connectivity index (χ4v) is 2.88. The van der Waals surface area contributed by atoms with E-state index in [4.69, 9.17) is 4.42 Å². The Morgan fingerprint density at radius 3 is 2.52 bits per heavy atom. The first-order valence-electron chi connectivity index (χ1n) is 7.33. The Kier molecular flexibility index (Phi) is 4.05. The number of carbonyl (C=O) groups excluding carboxylic acids is 1. The Morgan fingerprint density at radius 1 is 1.17 bits per heavy atom. The van der Waals surface area contributed by atoms with Crippen molar-refractivity contribution in [3.63, 3.8) is 0 Å². The number of anilines is 1. The van der Waals surface area contributed by atoms with E-state index >= 15 is 0 Å². The van der Waals surface area contributed by atoms with E-state index in [9.17, 15) is 4.79 Å². The summed E-state index contributed by atoms with van der Waals surface area (Å²) in [5, 5.41) is 5.30. The van der Waals surface area contributed by atoms with Crippen molar-refractivity contribution in [2.45, 2.75) is 26.2 Å². The van der Waals surface area contributed by atoms with E-state index in [1.807, 2.05) is 5.38 Å². The number of aromatic nitrogens is 1. The normalized spacial score (nSPS) is 11.4. The van der Waals surface area contributed by atoms with E-state index < -0.39 is 0 Å². The molecule has 0 unspecified atom stereocenters. The Balaban J connectivity index is 1.75. The minimum atomic E-state index is -0.220. The summed E-state index contributed by atoms with van der Waals surface area (Å²) in [6.07, 6.45) is 2.88. The first-order chi connectivity index (χ1) is 10.9. The van der Waals surface area contributed by atoms with Gasteiger partial charge in [0, 0.05) is 10.9 Å². The van der Waals surface area contributed by atoms with Gasteiger partial charge in [-0.25, -0.2) is 4.98 Å². The van der Waals surface area contributed by atoms with Crippen LogP contribution < -0.4 is 5.32 Å². The number of hydrogen-bond acceptors (Lipinski definition) is 4. The molecule has 0 radical (unpaired) electrons. The maximum atomic E-state index is 12.0. The van der Waals surface area contributed by atoms with Crippen LogP contribution in [-0.4, -0.2) is 10.9 Å². The van der Waals surface area contributed by atoms with Crippen LogP contribution in [0.1, 0.15) is 36.7 Å². The van der Waals surface area contributed by atoms with E-state index in [1.165, 1.54) is 29.4 Å². The van der Waals surface area contributed by atoms with Crippen LogP contribution in [0.4, 0.5) is 5.13 Å². The van der Waals surface area contributed by atoms with Gasteiger partial charge < -0.3 is 4.42 Å². The summed E-state index contributed by atoms with van der Waals surface area (Å²) >= 11 is 1.41. The van der Waals surface area contributed by atoms with Crippen molar-refractivity contribution in [2.75, 3.05) is 5.32 Å². The number of amides is 1. The third kappa shape index (κ3) is 3.51. The molecule has 0 saturated carbocycles. The zero-order valence-electron chi connectivity index (χ0n) is 13.3. The van der Waals surface area contributed by atoms with E-state index in [1.54, 1.807) is 6.07 Å². The third-order valence-corrected chi connectivity index (χ3v) is 4.31. The topological polar surface area (TPSA) is 55.1 Å². The summed E-state index contributed by atoms with van der Waals surface area (Å²) in [4.78, 5) is 16.4. The molecule has 0 aliphatic heterocycles. The molecular weight excluding hydrogens is 308 g/mol. The average Bonchev–Trinajstić information content (AvgIpc) is 3.18. The van der Waals surface area contributed by atoms with Gasteiger partial charge in [0.15, 0.2) is 5.13 Å². The molecule has 0 bridgehead atoms. The Hall–Kier alpha value is -2.40. The molecule has 2 heterocycles. The van der Waals surface area contributed by atoms with Crippen molar-refractivity contribution in [3.8, 4) is 11.3 Å². The molecular formula is C18H18N2O2S. The lowest BCUT2D eigenvalue weighted by Gasteiger charge is -2.18. The van der Waals surface area contributed by atoms with Crippen LogP contribution in [-0.2, 0) is 5.41 Å². The lowest BCUT2D eigenvalue weighted by atomic mass is 9.86. The highest BCUT2D eigenvalue weighted by Crippen LogP contribution is 2.28. The van der Waals surface area contributed by atoms with Gasteiger partial charge >= 0.3 is 0 Å². The highest BCUT2D eigenvalue weighted by molar-refractivity contribution is 7.14. The number of thiazole rings is 1. The summed E-state index contributed by atoms with van der Waals surface area (Å²) in [5.41, 5.74) is 3.79. The number of nitrogens with zero attached hydrogens (tertiary/aromatic N) is 1. The Bertz CT molecular complexity index is 796. The minimum Gasteiger partial charge on any atom is -0.472 e. The van der Waals surface area contributed by atoms with Crippen molar-refractivity contribution >= 4 is 22.4 Å². The van der Waals surface area contributed by atoms with Crippen LogP contribution in [0.25, 0.3) is 11.3 Å². The van der Waals surface area contributed by atoms with Gasteiger partial charge in [0.25, 0.3) is 5.91 Å². The molecule has 118 valence electrons. The zero-order valence-corrected chi connectivity index (χ0v) is 14.1. The van der Waals surface area contributed by atoms with Gasteiger partial charge in [-0.05, 0) is 17.0 Å². The molecule has 5 heteroatoms. The van der Waals surface area contributed by atoms with E-state index in [2.05, 4.69) is 55.3 Å². The second kappa shape index (κ2) is 6.01. The highest BCUT2D eigenvalue weighted by atomic mass is 32.1. The van der Waals surface area contributed by atoms with E-state index in [0.29, 0.717) is 10.7 Å². The quantitative estimate of drug-likeness (QED) is 0.740. The van der Waals surface area contributed by atoms with Crippen LogP contribution in [0.5, 0.6) is 0 Å². The van der Waals surface area contributed by atoms with Gasteiger partial charge in [0.05, 0.1) is 17.5 Å². The molecule has 3 rings (SSSR count). The zero-order chi connectivity index (χ0) is 16.4. The SMILES string of the molecule is CC(C)(C)c1ccc(-c2csc(NC(=O)c3ccoc3)n2)cc1. The first-order valence-corrected chi connectivity index (χ1v) is 8.21. The van der Waals surface area contributed by atoms with Crippen LogP contribution in [0.3, 0.4) is 0 Å². The van der Waals surface area contributed by atoms with Crippen molar-refractivity contribution in [1.29, 1.82) is 0 Å². The summed E-state index contributed by atoms with van der Waals surface area (Å²) in [7, 11) is 0. The molecule has 0 spiro atoms. The predicted octanol–water partition coefficient (Wildman–Crippen LogP) is 4.95. The molecule has 0 aliphatic rings. The number of benzene rings is 1. The number of rotatable bonds is 3. The standard InChI is InChI=1S/C18H18N2O2S/c1-18(2,3)14-6-4-12(5-7-14)15-11-23-17(19-15)20-16(21)13-8-9-22-10-13/h4-11H,1-3H3,(H,19,20,21). The number of furan rings is 1. The summed E-state index contributed by atoms with van der Waals surface area (Å²) in [6, 6.07) is 10.0. The molecule has 0 atom stereocenters. The monoisotopic (exact) mass is 326 g/mol. The van der Waals surface area contributed by atoms with Gasteiger partial charge in [0.1, 0.15) is 6.26 Å². The molecule has 23 heavy (non-hydrogen) atoms. The lowest BCUT2D eigenvalue weighted by Crippen LogP contribution is -2.10. The smallest absolute Gasteiger partial charge is 0.260 e. The van der Waals surface area contributed by atoms with Crippen molar-refractivity contribution < 1.29 is 9.21 Å². The maximum Gasteiger partial charge on any atom is 0.260 e. The second-order valence-corrected chi connectivity index (χ2v) is 7.19. The second-order valence-electron chi connectivity index (χ2n) is 6.33. The molecule has 3 aromatic rings. The van der Waals surface area contributed by atoms with Crippen LogP contribution in [0.15, 0.2) is 52.7 Å². The average molecular weight is 326 g/mol. The molecule has 0 fully saturated rings. The molecule has 0 saturated heterocycles. The van der Waals surface area contributed by atoms with Crippen molar-refractivity contribution in [2.24, 2.45) is 0 Å². The highest BCUT2D eigenvalue weighted by Gasteiger charge is 2.14. The summed E-state index contributed by atoms with van der Waals surface area (Å²) in [6.45, 7) is 6.57. The van der Waals surface area contributed by atoms with Crippen molar-refractivity contribution in [1.82, 2.24) is 4.98 Å². The largest absolute Gasteiger partial charge is 0.472 e. The molecule has 4 nitrogen and oxygen atoms in total. The minimum absolute atomic E-state index is 0.129. The summed E-state index contributed by atoms with van der Waals surface area (Å²) < 4.78 is 4.91. The molecule has 2 aromatic heterocycles. The Labute approximate surface area is 139 Å². The number of hydrogen-bond donors (Lipinski definition) is 1. The van der Waals surface area contributed by atoms with Gasteiger partial charge in [0.2, 0.25) is 0 Å². The Morgan fingerprint density at radius 2 is 1.91 bits per heavy atom. The fourth-order valence-electron chi connectivity index (χ4n) is 2.17. The van der Waals surface area contributed by atoms with E-state index in [0.717, 1.165) is 11.3 Å². The van der Waals surface area contributed by atoms with Crippen molar-refractivity contribution in [3.05, 3.63) is 59.4 Å². The van der Waals surface area contributed by atoms with Gasteiger partial charge in [-0.3, -0.25) is 10.1 Å².